The lowest BCUT2D eigenvalue weighted by Gasteiger charge is -2.35. The smallest absolute Gasteiger partial charge is 0.339 e. The van der Waals surface area contributed by atoms with Crippen molar-refractivity contribution in [2.45, 2.75) is 46.2 Å². The predicted molar refractivity (Wildman–Crippen MR) is 122 cm³/mol. The molecular formula is C24H27F3N6O2. The molecule has 2 aromatic heterocycles. The number of carbonyl (C=O) groups excluding carboxylic acids is 2. The second-order valence-electron chi connectivity index (χ2n) is 8.63. The number of fused-ring (bicyclic) bond motifs is 1. The molecule has 1 aliphatic rings. The lowest BCUT2D eigenvalue weighted by Crippen LogP contribution is -2.50. The van der Waals surface area contributed by atoms with Gasteiger partial charge in [0.2, 0.25) is 5.91 Å². The number of alkyl halides is 3. The maximum absolute atomic E-state index is 13.0. The number of aromatic nitrogens is 4. The van der Waals surface area contributed by atoms with Crippen LogP contribution in [-0.2, 0) is 23.8 Å². The molecule has 1 fully saturated rings. The van der Waals surface area contributed by atoms with Crippen molar-refractivity contribution in [1.82, 2.24) is 29.4 Å². The Morgan fingerprint density at radius 1 is 0.971 bits per heavy atom. The second-order valence-corrected chi connectivity index (χ2v) is 8.63. The summed E-state index contributed by atoms with van der Waals surface area (Å²) in [6.07, 6.45) is -3.25. The highest BCUT2D eigenvalue weighted by Gasteiger charge is 2.37. The minimum Gasteiger partial charge on any atom is -0.339 e. The van der Waals surface area contributed by atoms with Crippen molar-refractivity contribution >= 4 is 17.6 Å². The van der Waals surface area contributed by atoms with Crippen LogP contribution in [0.4, 0.5) is 13.2 Å². The van der Waals surface area contributed by atoms with Crippen LogP contribution in [-0.4, -0.2) is 67.4 Å². The number of hydrogen-bond donors (Lipinski definition) is 0. The topological polar surface area (TPSA) is 83.7 Å². The molecule has 3 aromatic rings. The first-order valence-corrected chi connectivity index (χ1v) is 11.5. The van der Waals surface area contributed by atoms with Crippen LogP contribution in [0, 0.1) is 13.8 Å². The van der Waals surface area contributed by atoms with E-state index in [0.717, 1.165) is 10.9 Å². The summed E-state index contributed by atoms with van der Waals surface area (Å²) in [6, 6.07) is 7.57. The summed E-state index contributed by atoms with van der Waals surface area (Å²) in [5.41, 5.74) is 3.48. The predicted octanol–water partition coefficient (Wildman–Crippen LogP) is 3.24. The van der Waals surface area contributed by atoms with Crippen molar-refractivity contribution in [2.75, 3.05) is 26.2 Å². The molecule has 0 radical (unpaired) electrons. The van der Waals surface area contributed by atoms with Gasteiger partial charge in [-0.25, -0.2) is 9.50 Å². The Kier molecular flexibility index (Phi) is 6.77. The molecule has 0 unspecified atom stereocenters. The number of halogens is 3. The van der Waals surface area contributed by atoms with Gasteiger partial charge in [-0.05, 0) is 49.9 Å². The van der Waals surface area contributed by atoms with Gasteiger partial charge in [0, 0.05) is 49.6 Å². The van der Waals surface area contributed by atoms with Crippen molar-refractivity contribution in [1.29, 1.82) is 0 Å². The van der Waals surface area contributed by atoms with E-state index < -0.39 is 12.0 Å². The first-order valence-electron chi connectivity index (χ1n) is 11.5. The standard InChI is InChI=1S/C24H27F3N6O2/c1-4-17-5-7-18(8-6-17)21(35)32-13-11-31(12-14-32)20(34)10-9-19-15(2)28-23-29-22(24(25,26)27)30-33(23)16(19)3/h5-8H,4,9-14H2,1-3H3. The third kappa shape index (κ3) is 5.13. The van der Waals surface area contributed by atoms with Crippen molar-refractivity contribution in [3.63, 3.8) is 0 Å². The van der Waals surface area contributed by atoms with Gasteiger partial charge in [-0.15, -0.1) is 5.10 Å². The molecule has 1 saturated heterocycles. The molecule has 0 N–H and O–H groups in total. The Balaban J connectivity index is 1.36. The number of nitrogens with zero attached hydrogens (tertiary/aromatic N) is 6. The number of rotatable bonds is 5. The molecule has 8 nitrogen and oxygen atoms in total. The molecular weight excluding hydrogens is 461 g/mol. The number of hydrogen-bond acceptors (Lipinski definition) is 5. The maximum atomic E-state index is 13.0. The Hall–Kier alpha value is -3.50. The summed E-state index contributed by atoms with van der Waals surface area (Å²) in [5, 5.41) is 3.55. The third-order valence-corrected chi connectivity index (χ3v) is 6.42. The highest BCUT2D eigenvalue weighted by Crippen LogP contribution is 2.27. The van der Waals surface area contributed by atoms with Crippen LogP contribution >= 0.6 is 0 Å². The SMILES string of the molecule is CCc1ccc(C(=O)N2CCN(C(=O)CCc3c(C)nc4nc(C(F)(F)F)nn4c3C)CC2)cc1. The minimum atomic E-state index is -4.66. The largest absolute Gasteiger partial charge is 0.453 e. The van der Waals surface area contributed by atoms with E-state index in [9.17, 15) is 22.8 Å². The zero-order valence-corrected chi connectivity index (χ0v) is 19.9. The second kappa shape index (κ2) is 9.63. The molecule has 4 rings (SSSR count). The minimum absolute atomic E-state index is 0.0450. The first-order chi connectivity index (χ1) is 16.6. The van der Waals surface area contributed by atoms with Crippen LogP contribution in [0.15, 0.2) is 24.3 Å². The van der Waals surface area contributed by atoms with E-state index in [1.807, 2.05) is 24.3 Å². The van der Waals surface area contributed by atoms with Gasteiger partial charge < -0.3 is 9.80 Å². The summed E-state index contributed by atoms with van der Waals surface area (Å²) in [4.78, 5) is 36.7. The average molecular weight is 489 g/mol. The molecule has 0 aliphatic carbocycles. The van der Waals surface area contributed by atoms with Gasteiger partial charge in [-0.2, -0.15) is 18.2 Å². The molecule has 0 bridgehead atoms. The zero-order valence-electron chi connectivity index (χ0n) is 19.9. The van der Waals surface area contributed by atoms with E-state index in [-0.39, 0.29) is 24.0 Å². The molecule has 0 spiro atoms. The van der Waals surface area contributed by atoms with E-state index in [1.54, 1.807) is 23.6 Å². The van der Waals surface area contributed by atoms with Gasteiger partial charge in [0.25, 0.3) is 17.5 Å². The molecule has 2 amide bonds. The lowest BCUT2D eigenvalue weighted by atomic mass is 10.1. The fourth-order valence-electron chi connectivity index (χ4n) is 4.30. The normalized spacial score (nSPS) is 14.6. The molecule has 1 aliphatic heterocycles. The van der Waals surface area contributed by atoms with Gasteiger partial charge in [0.05, 0.1) is 0 Å². The van der Waals surface area contributed by atoms with Crippen LogP contribution < -0.4 is 0 Å². The first kappa shape index (κ1) is 24.6. The molecule has 1 aromatic carbocycles. The quantitative estimate of drug-likeness (QED) is 0.551. The van der Waals surface area contributed by atoms with E-state index in [0.29, 0.717) is 55.1 Å². The van der Waals surface area contributed by atoms with Crippen LogP contribution in [0.3, 0.4) is 0 Å². The summed E-state index contributed by atoms with van der Waals surface area (Å²) < 4.78 is 40.0. The van der Waals surface area contributed by atoms with Crippen molar-refractivity contribution in [3.8, 4) is 0 Å². The van der Waals surface area contributed by atoms with Crippen molar-refractivity contribution in [2.24, 2.45) is 0 Å². The van der Waals surface area contributed by atoms with Crippen molar-refractivity contribution in [3.05, 3.63) is 58.2 Å². The monoisotopic (exact) mass is 488 g/mol. The van der Waals surface area contributed by atoms with E-state index in [2.05, 4.69) is 22.0 Å². The molecule has 3 heterocycles. The summed E-state index contributed by atoms with van der Waals surface area (Å²) >= 11 is 0. The maximum Gasteiger partial charge on any atom is 0.453 e. The summed E-state index contributed by atoms with van der Waals surface area (Å²) in [5.74, 6) is -1.48. The highest BCUT2D eigenvalue weighted by molar-refractivity contribution is 5.94. The highest BCUT2D eigenvalue weighted by atomic mass is 19.4. The van der Waals surface area contributed by atoms with Gasteiger partial charge in [0.1, 0.15) is 0 Å². The van der Waals surface area contributed by atoms with Gasteiger partial charge in [-0.3, -0.25) is 9.59 Å². The van der Waals surface area contributed by atoms with Gasteiger partial charge >= 0.3 is 6.18 Å². The number of piperazine rings is 1. The molecule has 0 atom stereocenters. The number of carbonyl (C=O) groups is 2. The molecule has 11 heteroatoms. The third-order valence-electron chi connectivity index (χ3n) is 6.42. The van der Waals surface area contributed by atoms with Crippen molar-refractivity contribution < 1.29 is 22.8 Å². The Labute approximate surface area is 200 Å². The van der Waals surface area contributed by atoms with Crippen LogP contribution in [0.1, 0.15) is 52.0 Å². The van der Waals surface area contributed by atoms with Crippen LogP contribution in [0.5, 0.6) is 0 Å². The molecule has 35 heavy (non-hydrogen) atoms. The Bertz CT molecular complexity index is 1240. The van der Waals surface area contributed by atoms with E-state index in [4.69, 9.17) is 0 Å². The Morgan fingerprint density at radius 3 is 2.20 bits per heavy atom. The number of aryl methyl sites for hydroxylation is 3. The van der Waals surface area contributed by atoms with E-state index >= 15 is 0 Å². The van der Waals surface area contributed by atoms with Crippen LogP contribution in [0.25, 0.3) is 5.78 Å². The summed E-state index contributed by atoms with van der Waals surface area (Å²) in [7, 11) is 0. The zero-order chi connectivity index (χ0) is 25.3. The summed E-state index contributed by atoms with van der Waals surface area (Å²) in [6.45, 7) is 7.16. The number of benzene rings is 1. The van der Waals surface area contributed by atoms with E-state index in [1.165, 1.54) is 5.56 Å². The fourth-order valence-corrected chi connectivity index (χ4v) is 4.30. The van der Waals surface area contributed by atoms with Crippen LogP contribution in [0.2, 0.25) is 0 Å². The fraction of sp³-hybridized carbons (Fsp3) is 0.458. The number of amides is 2. The average Bonchev–Trinajstić information content (AvgIpc) is 3.28. The van der Waals surface area contributed by atoms with Gasteiger partial charge in [-0.1, -0.05) is 19.1 Å². The lowest BCUT2D eigenvalue weighted by molar-refractivity contribution is -0.144. The Morgan fingerprint density at radius 2 is 1.60 bits per heavy atom. The molecule has 0 saturated carbocycles. The molecule has 186 valence electrons. The van der Waals surface area contributed by atoms with Gasteiger partial charge in [0.15, 0.2) is 0 Å².